The molecule has 1 atom stereocenters. The maximum absolute atomic E-state index is 13.9. The third-order valence-electron chi connectivity index (χ3n) is 2.81. The van der Waals surface area contributed by atoms with Gasteiger partial charge in [-0.15, -0.1) is 0 Å². The summed E-state index contributed by atoms with van der Waals surface area (Å²) in [5.41, 5.74) is 3.85. The second kappa shape index (κ2) is 6.06. The molecule has 0 aliphatic carbocycles. The van der Waals surface area contributed by atoms with Gasteiger partial charge in [0.2, 0.25) is 0 Å². The molecule has 1 heterocycles. The molecule has 19 heavy (non-hydrogen) atoms. The minimum Gasteiger partial charge on any atom is -0.271 e. The van der Waals surface area contributed by atoms with Gasteiger partial charge in [-0.3, -0.25) is 11.3 Å². The summed E-state index contributed by atoms with van der Waals surface area (Å²) in [6.07, 6.45) is 2.01. The predicted molar refractivity (Wildman–Crippen MR) is 71.9 cm³/mol. The second-order valence-electron chi connectivity index (χ2n) is 4.17. The first-order valence-corrected chi connectivity index (χ1v) is 6.18. The van der Waals surface area contributed by atoms with E-state index in [1.165, 1.54) is 6.07 Å². The fraction of sp³-hybridized carbons (Fsp3) is 0.231. The third kappa shape index (κ3) is 3.26. The summed E-state index contributed by atoms with van der Waals surface area (Å²) in [5, 5.41) is 0.104. The molecular weight excluding hydrogens is 267 g/mol. The number of hydrazine groups is 1. The van der Waals surface area contributed by atoms with Crippen molar-refractivity contribution in [3.63, 3.8) is 0 Å². The summed E-state index contributed by atoms with van der Waals surface area (Å²) in [4.78, 5) is 8.30. The highest BCUT2D eigenvalue weighted by atomic mass is 35.5. The molecule has 0 aliphatic rings. The highest BCUT2D eigenvalue weighted by Crippen LogP contribution is 2.22. The van der Waals surface area contributed by atoms with Gasteiger partial charge in [0.05, 0.1) is 16.8 Å². The van der Waals surface area contributed by atoms with E-state index in [1.54, 1.807) is 31.3 Å². The Labute approximate surface area is 115 Å². The molecule has 2 rings (SSSR count). The number of nitrogens with one attached hydrogen (secondary N) is 1. The van der Waals surface area contributed by atoms with Crippen LogP contribution in [-0.2, 0) is 6.42 Å². The summed E-state index contributed by atoms with van der Waals surface area (Å²) >= 11 is 5.76. The van der Waals surface area contributed by atoms with E-state index in [4.69, 9.17) is 17.4 Å². The third-order valence-corrected chi connectivity index (χ3v) is 3.10. The first-order valence-electron chi connectivity index (χ1n) is 5.80. The van der Waals surface area contributed by atoms with Crippen LogP contribution in [0.25, 0.3) is 0 Å². The molecule has 2 aromatic rings. The van der Waals surface area contributed by atoms with Crippen molar-refractivity contribution in [2.75, 3.05) is 0 Å². The highest BCUT2D eigenvalue weighted by molar-refractivity contribution is 6.30. The first kappa shape index (κ1) is 13.9. The zero-order valence-electron chi connectivity index (χ0n) is 10.4. The summed E-state index contributed by atoms with van der Waals surface area (Å²) in [5.74, 6) is 5.75. The number of aromatic nitrogens is 2. The molecule has 1 aromatic heterocycles. The Bertz CT molecular complexity index is 576. The van der Waals surface area contributed by atoms with Gasteiger partial charge in [-0.05, 0) is 31.0 Å². The van der Waals surface area contributed by atoms with E-state index >= 15 is 0 Å². The molecule has 100 valence electrons. The molecular formula is C13H14ClFN4. The minimum atomic E-state index is -0.421. The first-order chi connectivity index (χ1) is 9.11. The van der Waals surface area contributed by atoms with Crippen molar-refractivity contribution in [1.82, 2.24) is 15.4 Å². The molecule has 6 heteroatoms. The Morgan fingerprint density at radius 2 is 2.21 bits per heavy atom. The fourth-order valence-corrected chi connectivity index (χ4v) is 2.04. The number of halogens is 2. The number of benzene rings is 1. The molecule has 0 saturated heterocycles. The topological polar surface area (TPSA) is 63.8 Å². The van der Waals surface area contributed by atoms with Crippen molar-refractivity contribution in [1.29, 1.82) is 0 Å². The lowest BCUT2D eigenvalue weighted by atomic mass is 10.0. The monoisotopic (exact) mass is 280 g/mol. The molecule has 4 nitrogen and oxygen atoms in total. The van der Waals surface area contributed by atoms with Crippen LogP contribution in [0.5, 0.6) is 0 Å². The van der Waals surface area contributed by atoms with Crippen LogP contribution in [0.15, 0.2) is 30.5 Å². The van der Waals surface area contributed by atoms with Crippen LogP contribution < -0.4 is 11.3 Å². The smallest absolute Gasteiger partial charge is 0.145 e. The number of aryl methyl sites for hydroxylation is 1. The van der Waals surface area contributed by atoms with E-state index < -0.39 is 5.82 Å². The minimum absolute atomic E-state index is 0.104. The van der Waals surface area contributed by atoms with Gasteiger partial charge in [-0.25, -0.2) is 14.4 Å². The molecule has 1 unspecified atom stereocenters. The molecule has 0 saturated carbocycles. The number of nitrogens with two attached hydrogens (primary N) is 1. The van der Waals surface area contributed by atoms with Gasteiger partial charge in [0.25, 0.3) is 0 Å². The van der Waals surface area contributed by atoms with Crippen LogP contribution in [0.2, 0.25) is 5.02 Å². The Morgan fingerprint density at radius 1 is 1.42 bits per heavy atom. The van der Waals surface area contributed by atoms with Gasteiger partial charge in [0.15, 0.2) is 0 Å². The lowest BCUT2D eigenvalue weighted by Gasteiger charge is -2.16. The van der Waals surface area contributed by atoms with Crippen molar-refractivity contribution >= 4 is 11.6 Å². The number of hydrogen-bond acceptors (Lipinski definition) is 4. The van der Waals surface area contributed by atoms with Gasteiger partial charge in [-0.2, -0.15) is 0 Å². The zero-order valence-corrected chi connectivity index (χ0v) is 11.2. The lowest BCUT2D eigenvalue weighted by molar-refractivity contribution is 0.517. The Balaban J connectivity index is 2.26. The molecule has 0 fully saturated rings. The van der Waals surface area contributed by atoms with Crippen molar-refractivity contribution in [2.24, 2.45) is 5.84 Å². The highest BCUT2D eigenvalue weighted by Gasteiger charge is 2.16. The SMILES string of the molecule is Cc1nccc(C(Cc2cccc(Cl)c2F)NN)n1. The van der Waals surface area contributed by atoms with Gasteiger partial charge >= 0.3 is 0 Å². The van der Waals surface area contributed by atoms with Gasteiger partial charge in [0.1, 0.15) is 11.6 Å². The van der Waals surface area contributed by atoms with E-state index in [-0.39, 0.29) is 11.1 Å². The molecule has 0 aliphatic heterocycles. The van der Waals surface area contributed by atoms with E-state index in [1.807, 2.05) is 0 Å². The van der Waals surface area contributed by atoms with Gasteiger partial charge in [0, 0.05) is 6.20 Å². The van der Waals surface area contributed by atoms with Crippen LogP contribution >= 0.6 is 11.6 Å². The molecule has 3 N–H and O–H groups in total. The largest absolute Gasteiger partial charge is 0.271 e. The average Bonchev–Trinajstić information content (AvgIpc) is 2.40. The standard InChI is InChI=1S/C13H14ClFN4/c1-8-17-6-5-11(18-8)12(19-16)7-9-3-2-4-10(14)13(9)15/h2-6,12,19H,7,16H2,1H3. The molecule has 0 amide bonds. The fourth-order valence-electron chi connectivity index (χ4n) is 1.84. The average molecular weight is 281 g/mol. The summed E-state index contributed by atoms with van der Waals surface area (Å²) in [6, 6.07) is 6.36. The Morgan fingerprint density at radius 3 is 2.89 bits per heavy atom. The van der Waals surface area contributed by atoms with Crippen molar-refractivity contribution in [3.05, 3.63) is 58.4 Å². The van der Waals surface area contributed by atoms with Crippen LogP contribution in [0, 0.1) is 12.7 Å². The van der Waals surface area contributed by atoms with E-state index in [0.29, 0.717) is 17.8 Å². The predicted octanol–water partition coefficient (Wildman–Crippen LogP) is 2.32. The van der Waals surface area contributed by atoms with Crippen LogP contribution in [0.1, 0.15) is 23.1 Å². The molecule has 0 radical (unpaired) electrons. The number of nitrogens with zero attached hydrogens (tertiary/aromatic N) is 2. The van der Waals surface area contributed by atoms with Crippen LogP contribution in [0.4, 0.5) is 4.39 Å². The van der Waals surface area contributed by atoms with Crippen LogP contribution in [0.3, 0.4) is 0 Å². The molecule has 0 spiro atoms. The van der Waals surface area contributed by atoms with E-state index in [2.05, 4.69) is 15.4 Å². The normalized spacial score (nSPS) is 12.4. The molecule has 0 bridgehead atoms. The summed E-state index contributed by atoms with van der Waals surface area (Å²) in [6.45, 7) is 1.79. The van der Waals surface area contributed by atoms with E-state index in [9.17, 15) is 4.39 Å². The van der Waals surface area contributed by atoms with Gasteiger partial charge < -0.3 is 0 Å². The lowest BCUT2D eigenvalue weighted by Crippen LogP contribution is -2.30. The Hall–Kier alpha value is -1.56. The molecule has 1 aromatic carbocycles. The van der Waals surface area contributed by atoms with Crippen LogP contribution in [-0.4, -0.2) is 9.97 Å². The van der Waals surface area contributed by atoms with Crippen molar-refractivity contribution < 1.29 is 4.39 Å². The van der Waals surface area contributed by atoms with E-state index in [0.717, 1.165) is 5.69 Å². The maximum Gasteiger partial charge on any atom is 0.145 e. The summed E-state index contributed by atoms with van der Waals surface area (Å²) < 4.78 is 13.9. The quantitative estimate of drug-likeness (QED) is 0.666. The van der Waals surface area contributed by atoms with Crippen molar-refractivity contribution in [2.45, 2.75) is 19.4 Å². The van der Waals surface area contributed by atoms with Gasteiger partial charge in [-0.1, -0.05) is 23.7 Å². The second-order valence-corrected chi connectivity index (χ2v) is 4.57. The number of hydrogen-bond donors (Lipinski definition) is 2. The maximum atomic E-state index is 13.9. The summed E-state index contributed by atoms with van der Waals surface area (Å²) in [7, 11) is 0. The van der Waals surface area contributed by atoms with Crippen molar-refractivity contribution in [3.8, 4) is 0 Å². The number of rotatable bonds is 4. The Kier molecular flexibility index (Phi) is 4.42. The zero-order chi connectivity index (χ0) is 13.8.